The molecule has 0 heterocycles. The number of alkyl halides is 3. The average molecular weight is 361 g/mol. The number of amides is 1. The highest BCUT2D eigenvalue weighted by atomic mass is 79.9. The smallest absolute Gasteiger partial charge is 0.475 e. The number of carbonyl (C=O) groups excluding carboxylic acids is 1. The second kappa shape index (κ2) is 7.08. The van der Waals surface area contributed by atoms with Crippen molar-refractivity contribution in [2.45, 2.75) is 13.1 Å². The van der Waals surface area contributed by atoms with E-state index in [2.05, 4.69) is 21.2 Å². The first-order chi connectivity index (χ1) is 8.95. The van der Waals surface area contributed by atoms with Crippen molar-refractivity contribution >= 4 is 39.2 Å². The van der Waals surface area contributed by atoms with Gasteiger partial charge in [-0.3, -0.25) is 4.79 Å². The van der Waals surface area contributed by atoms with Crippen LogP contribution in [0.4, 0.5) is 28.9 Å². The zero-order valence-electron chi connectivity index (χ0n) is 9.89. The molecule has 5 nitrogen and oxygen atoms in total. The topological polar surface area (TPSA) is 92.4 Å². The van der Waals surface area contributed by atoms with Crippen molar-refractivity contribution in [1.82, 2.24) is 0 Å². The molecule has 0 fully saturated rings. The van der Waals surface area contributed by atoms with Crippen molar-refractivity contribution < 1.29 is 32.3 Å². The van der Waals surface area contributed by atoms with E-state index in [1.165, 1.54) is 19.1 Å². The third kappa shape index (κ3) is 6.36. The van der Waals surface area contributed by atoms with Gasteiger partial charge in [0.25, 0.3) is 0 Å². The third-order valence-electron chi connectivity index (χ3n) is 1.64. The molecule has 0 atom stereocenters. The second-order valence-electron chi connectivity index (χ2n) is 3.34. The lowest BCUT2D eigenvalue weighted by molar-refractivity contribution is -0.192. The largest absolute Gasteiger partial charge is 0.490 e. The van der Waals surface area contributed by atoms with Crippen LogP contribution in [0.25, 0.3) is 0 Å². The molecule has 0 aliphatic heterocycles. The summed E-state index contributed by atoms with van der Waals surface area (Å²) >= 11 is 3.10. The molecule has 112 valence electrons. The van der Waals surface area contributed by atoms with Gasteiger partial charge in [0.05, 0.1) is 11.4 Å². The predicted molar refractivity (Wildman–Crippen MR) is 66.5 cm³/mol. The van der Waals surface area contributed by atoms with Gasteiger partial charge in [0, 0.05) is 11.4 Å². The van der Waals surface area contributed by atoms with Crippen LogP contribution in [-0.2, 0) is 9.59 Å². The first kappa shape index (κ1) is 18.2. The highest BCUT2D eigenvalue weighted by Gasteiger charge is 2.38. The molecule has 1 aromatic rings. The number of nitrogens with one attached hydrogen (secondary N) is 1. The molecule has 20 heavy (non-hydrogen) atoms. The highest BCUT2D eigenvalue weighted by molar-refractivity contribution is 9.10. The quantitative estimate of drug-likeness (QED) is 0.530. The molecule has 4 N–H and O–H groups in total. The van der Waals surface area contributed by atoms with Crippen LogP contribution >= 0.6 is 15.9 Å². The van der Waals surface area contributed by atoms with Crippen LogP contribution in [0.5, 0.6) is 0 Å². The lowest BCUT2D eigenvalue weighted by Gasteiger charge is -2.06. The molecule has 0 unspecified atom stereocenters. The Hall–Kier alpha value is -1.84. The van der Waals surface area contributed by atoms with Gasteiger partial charge in [0.2, 0.25) is 5.91 Å². The molecular weight excluding hydrogens is 352 g/mol. The van der Waals surface area contributed by atoms with Gasteiger partial charge < -0.3 is 16.2 Å². The Labute approximate surface area is 118 Å². The molecular formula is C10H9BrF4N2O3. The van der Waals surface area contributed by atoms with E-state index in [1.54, 1.807) is 0 Å². The van der Waals surface area contributed by atoms with Gasteiger partial charge in [-0.2, -0.15) is 13.2 Å². The van der Waals surface area contributed by atoms with Crippen molar-refractivity contribution in [3.05, 3.63) is 22.4 Å². The zero-order chi connectivity index (χ0) is 16.1. The average Bonchev–Trinajstić information content (AvgIpc) is 2.24. The number of carboxylic acids is 1. The summed E-state index contributed by atoms with van der Waals surface area (Å²) in [5, 5.41) is 9.63. The van der Waals surface area contributed by atoms with Crippen molar-refractivity contribution in [1.29, 1.82) is 0 Å². The summed E-state index contributed by atoms with van der Waals surface area (Å²) in [6.45, 7) is 1.37. The van der Waals surface area contributed by atoms with Gasteiger partial charge in [-0.25, -0.2) is 9.18 Å². The van der Waals surface area contributed by atoms with Crippen molar-refractivity contribution in [3.63, 3.8) is 0 Å². The number of carboxylic acid groups (broad SMARTS) is 1. The van der Waals surface area contributed by atoms with Crippen LogP contribution in [0, 0.1) is 5.82 Å². The van der Waals surface area contributed by atoms with Crippen LogP contribution in [0.3, 0.4) is 0 Å². The summed E-state index contributed by atoms with van der Waals surface area (Å²) in [7, 11) is 0. The minimum absolute atomic E-state index is 0.00644. The van der Waals surface area contributed by atoms with Crippen LogP contribution in [-0.4, -0.2) is 23.2 Å². The Bertz CT molecular complexity index is 520. The minimum atomic E-state index is -5.08. The number of anilines is 2. The maximum Gasteiger partial charge on any atom is 0.490 e. The first-order valence-corrected chi connectivity index (χ1v) is 5.56. The standard InChI is InChI=1S/C8H8BrFN2O.C2HF3O2/c1-4(13)12-8-3-7(11)6(10)2-5(8)9;3-2(4,5)1(6)7/h2-3H,11H2,1H3,(H,12,13);(H,6,7). The Morgan fingerprint density at radius 3 is 2.15 bits per heavy atom. The van der Waals surface area contributed by atoms with E-state index in [0.717, 1.165) is 0 Å². The van der Waals surface area contributed by atoms with Crippen LogP contribution in [0.1, 0.15) is 6.92 Å². The zero-order valence-corrected chi connectivity index (χ0v) is 11.5. The molecule has 1 amide bonds. The normalized spacial score (nSPS) is 10.3. The lowest BCUT2D eigenvalue weighted by atomic mass is 10.2. The molecule has 1 rings (SSSR count). The number of halogens is 5. The summed E-state index contributed by atoms with van der Waals surface area (Å²) in [6.07, 6.45) is -5.08. The fourth-order valence-corrected chi connectivity index (χ4v) is 1.27. The fraction of sp³-hybridized carbons (Fsp3) is 0.200. The van der Waals surface area contributed by atoms with E-state index in [-0.39, 0.29) is 11.6 Å². The molecule has 0 aliphatic rings. The Morgan fingerprint density at radius 2 is 1.80 bits per heavy atom. The lowest BCUT2D eigenvalue weighted by Crippen LogP contribution is -2.21. The summed E-state index contributed by atoms with van der Waals surface area (Å²) in [4.78, 5) is 19.6. The molecule has 0 radical (unpaired) electrons. The van der Waals surface area contributed by atoms with Gasteiger partial charge in [0.1, 0.15) is 5.82 Å². The van der Waals surface area contributed by atoms with Crippen LogP contribution in [0.15, 0.2) is 16.6 Å². The number of hydrogen-bond donors (Lipinski definition) is 3. The maximum absolute atomic E-state index is 12.8. The number of rotatable bonds is 1. The van der Waals surface area contributed by atoms with Crippen LogP contribution < -0.4 is 11.1 Å². The van der Waals surface area contributed by atoms with Crippen molar-refractivity contribution in [2.24, 2.45) is 0 Å². The van der Waals surface area contributed by atoms with Gasteiger partial charge in [-0.15, -0.1) is 0 Å². The van der Waals surface area contributed by atoms with Gasteiger partial charge in [0.15, 0.2) is 0 Å². The van der Waals surface area contributed by atoms with E-state index < -0.39 is 18.0 Å². The van der Waals surface area contributed by atoms with Crippen molar-refractivity contribution in [2.75, 3.05) is 11.1 Å². The second-order valence-corrected chi connectivity index (χ2v) is 4.19. The molecule has 10 heteroatoms. The summed E-state index contributed by atoms with van der Waals surface area (Å²) in [5.74, 6) is -3.50. The van der Waals surface area contributed by atoms with E-state index >= 15 is 0 Å². The third-order valence-corrected chi connectivity index (χ3v) is 2.30. The monoisotopic (exact) mass is 360 g/mol. The number of aliphatic carboxylic acids is 1. The Kier molecular flexibility index (Phi) is 6.43. The molecule has 0 saturated heterocycles. The summed E-state index contributed by atoms with van der Waals surface area (Å²) in [6, 6.07) is 2.57. The van der Waals surface area contributed by atoms with E-state index in [9.17, 15) is 22.4 Å². The van der Waals surface area contributed by atoms with Crippen LogP contribution in [0.2, 0.25) is 0 Å². The molecule has 0 aromatic heterocycles. The van der Waals surface area contributed by atoms with E-state index in [4.69, 9.17) is 15.6 Å². The van der Waals surface area contributed by atoms with Gasteiger partial charge >= 0.3 is 12.1 Å². The number of carbonyl (C=O) groups is 2. The minimum Gasteiger partial charge on any atom is -0.475 e. The SMILES string of the molecule is CC(=O)Nc1cc(N)c(F)cc1Br.O=C(O)C(F)(F)F. The number of hydrogen-bond acceptors (Lipinski definition) is 3. The molecule has 0 aliphatic carbocycles. The number of nitrogens with two attached hydrogens (primary N) is 1. The summed E-state index contributed by atoms with van der Waals surface area (Å²) in [5.41, 5.74) is 5.79. The van der Waals surface area contributed by atoms with E-state index in [1.807, 2.05) is 0 Å². The maximum atomic E-state index is 12.8. The predicted octanol–water partition coefficient (Wildman–Crippen LogP) is 2.76. The Balaban J connectivity index is 0.000000441. The molecule has 0 saturated carbocycles. The van der Waals surface area contributed by atoms with Gasteiger partial charge in [-0.1, -0.05) is 0 Å². The van der Waals surface area contributed by atoms with Gasteiger partial charge in [-0.05, 0) is 28.1 Å². The fourth-order valence-electron chi connectivity index (χ4n) is 0.851. The molecule has 0 spiro atoms. The number of nitrogen functional groups attached to an aromatic ring is 1. The van der Waals surface area contributed by atoms with E-state index in [0.29, 0.717) is 10.2 Å². The first-order valence-electron chi connectivity index (χ1n) is 4.77. The summed E-state index contributed by atoms with van der Waals surface area (Å²) < 4.78 is 45.0. The number of benzene rings is 1. The molecule has 0 bridgehead atoms. The molecule has 1 aromatic carbocycles. The van der Waals surface area contributed by atoms with Crippen molar-refractivity contribution in [3.8, 4) is 0 Å². The Morgan fingerprint density at radius 1 is 1.35 bits per heavy atom. The highest BCUT2D eigenvalue weighted by Crippen LogP contribution is 2.27.